The molecule has 0 radical (unpaired) electrons. The summed E-state index contributed by atoms with van der Waals surface area (Å²) in [7, 11) is -3.28. The molecule has 1 rings (SSSR count). The van der Waals surface area contributed by atoms with E-state index in [-0.39, 0.29) is 10.9 Å². The molecule has 0 saturated heterocycles. The lowest BCUT2D eigenvalue weighted by Gasteiger charge is -2.13. The van der Waals surface area contributed by atoms with Crippen molar-refractivity contribution in [2.75, 3.05) is 12.5 Å². The van der Waals surface area contributed by atoms with Gasteiger partial charge in [-0.3, -0.25) is 0 Å². The molecule has 90 valence electrons. The third kappa shape index (κ3) is 2.91. The van der Waals surface area contributed by atoms with E-state index in [9.17, 15) is 8.42 Å². The Labute approximate surface area is 105 Å². The highest BCUT2D eigenvalue weighted by molar-refractivity contribution is 7.99. The van der Waals surface area contributed by atoms with Crippen molar-refractivity contribution in [1.29, 1.82) is 0 Å². The van der Waals surface area contributed by atoms with Crippen molar-refractivity contribution < 1.29 is 8.42 Å². The molecule has 0 spiro atoms. The SMILES string of the molecule is CSc1c(Cl)cc(C(C)N)cc1S(C)(=O)=O. The van der Waals surface area contributed by atoms with Gasteiger partial charge in [0.05, 0.1) is 9.92 Å². The van der Waals surface area contributed by atoms with Crippen molar-refractivity contribution >= 4 is 33.2 Å². The number of thioether (sulfide) groups is 1. The van der Waals surface area contributed by atoms with Gasteiger partial charge in [0.2, 0.25) is 0 Å². The van der Waals surface area contributed by atoms with Crippen LogP contribution in [0.5, 0.6) is 0 Å². The fraction of sp³-hybridized carbons (Fsp3) is 0.400. The highest BCUT2D eigenvalue weighted by atomic mass is 35.5. The number of sulfone groups is 1. The Bertz CT molecular complexity index is 498. The molecule has 0 aliphatic heterocycles. The van der Waals surface area contributed by atoms with Gasteiger partial charge < -0.3 is 5.73 Å². The minimum atomic E-state index is -3.28. The van der Waals surface area contributed by atoms with E-state index in [1.165, 1.54) is 18.0 Å². The first-order chi connectivity index (χ1) is 7.27. The zero-order valence-corrected chi connectivity index (χ0v) is 11.7. The highest BCUT2D eigenvalue weighted by Crippen LogP contribution is 2.34. The van der Waals surface area contributed by atoms with Crippen molar-refractivity contribution in [2.45, 2.75) is 22.8 Å². The van der Waals surface area contributed by atoms with Gasteiger partial charge in [0.15, 0.2) is 9.84 Å². The quantitative estimate of drug-likeness (QED) is 0.864. The molecule has 0 bridgehead atoms. The smallest absolute Gasteiger partial charge is 0.176 e. The first-order valence-electron chi connectivity index (χ1n) is 4.60. The van der Waals surface area contributed by atoms with Gasteiger partial charge in [-0.2, -0.15) is 0 Å². The van der Waals surface area contributed by atoms with Crippen LogP contribution in [0.1, 0.15) is 18.5 Å². The summed E-state index contributed by atoms with van der Waals surface area (Å²) >= 11 is 7.36. The number of rotatable bonds is 3. The van der Waals surface area contributed by atoms with Crippen LogP contribution in [0.2, 0.25) is 5.02 Å². The molecule has 0 aliphatic carbocycles. The molecule has 1 aromatic rings. The van der Waals surface area contributed by atoms with E-state index < -0.39 is 9.84 Å². The number of hydrogen-bond donors (Lipinski definition) is 1. The summed E-state index contributed by atoms with van der Waals surface area (Å²) in [4.78, 5) is 0.827. The van der Waals surface area contributed by atoms with Gasteiger partial charge in [0.1, 0.15) is 0 Å². The lowest BCUT2D eigenvalue weighted by atomic mass is 10.1. The Morgan fingerprint density at radius 2 is 2.00 bits per heavy atom. The first kappa shape index (κ1) is 13.8. The average molecular weight is 280 g/mol. The molecule has 2 N–H and O–H groups in total. The topological polar surface area (TPSA) is 60.2 Å². The van der Waals surface area contributed by atoms with Crippen molar-refractivity contribution in [3.05, 3.63) is 22.7 Å². The van der Waals surface area contributed by atoms with E-state index in [1.54, 1.807) is 25.3 Å². The van der Waals surface area contributed by atoms with E-state index in [4.69, 9.17) is 17.3 Å². The predicted octanol–water partition coefficient (Wildman–Crippen LogP) is 2.49. The van der Waals surface area contributed by atoms with Gasteiger partial charge in [0, 0.05) is 17.2 Å². The van der Waals surface area contributed by atoms with Crippen LogP contribution in [0.15, 0.2) is 21.9 Å². The second kappa shape index (κ2) is 4.96. The standard InChI is InChI=1S/C10H14ClNO2S2/c1-6(12)7-4-8(11)10(15-2)9(5-7)16(3,13)14/h4-6H,12H2,1-3H3. The summed E-state index contributed by atoms with van der Waals surface area (Å²) in [6.45, 7) is 1.79. The van der Waals surface area contributed by atoms with Gasteiger partial charge >= 0.3 is 0 Å². The molecule has 1 unspecified atom stereocenters. The molecule has 0 aliphatic rings. The Morgan fingerprint density at radius 3 is 2.38 bits per heavy atom. The van der Waals surface area contributed by atoms with Crippen molar-refractivity contribution in [2.24, 2.45) is 5.73 Å². The Morgan fingerprint density at radius 1 is 1.44 bits per heavy atom. The number of hydrogen-bond acceptors (Lipinski definition) is 4. The normalized spacial score (nSPS) is 13.8. The summed E-state index contributed by atoms with van der Waals surface area (Å²) in [5.74, 6) is 0. The molecular weight excluding hydrogens is 266 g/mol. The van der Waals surface area contributed by atoms with Crippen LogP contribution in [0.3, 0.4) is 0 Å². The Kier molecular flexibility index (Phi) is 4.29. The maximum atomic E-state index is 11.6. The third-order valence-corrected chi connectivity index (χ3v) is 4.67. The second-order valence-electron chi connectivity index (χ2n) is 3.59. The minimum Gasteiger partial charge on any atom is -0.324 e. The summed E-state index contributed by atoms with van der Waals surface area (Å²) in [5, 5.41) is 0.433. The van der Waals surface area contributed by atoms with Gasteiger partial charge in [0.25, 0.3) is 0 Å². The third-order valence-electron chi connectivity index (χ3n) is 2.16. The summed E-state index contributed by atoms with van der Waals surface area (Å²) in [6, 6.07) is 3.07. The monoisotopic (exact) mass is 279 g/mol. The Hall–Kier alpha value is -0.230. The number of nitrogens with two attached hydrogens (primary N) is 1. The fourth-order valence-corrected chi connectivity index (χ4v) is 3.85. The van der Waals surface area contributed by atoms with Crippen LogP contribution < -0.4 is 5.73 Å². The van der Waals surface area contributed by atoms with Gasteiger partial charge in [-0.25, -0.2) is 8.42 Å². The molecule has 1 atom stereocenters. The predicted molar refractivity (Wildman–Crippen MR) is 68.9 cm³/mol. The van der Waals surface area contributed by atoms with E-state index in [0.717, 1.165) is 5.56 Å². The van der Waals surface area contributed by atoms with E-state index >= 15 is 0 Å². The highest BCUT2D eigenvalue weighted by Gasteiger charge is 2.18. The second-order valence-corrected chi connectivity index (χ2v) is 6.80. The van der Waals surface area contributed by atoms with Crippen LogP contribution in [-0.4, -0.2) is 20.9 Å². The number of benzene rings is 1. The summed E-state index contributed by atoms with van der Waals surface area (Å²) in [6.07, 6.45) is 2.96. The molecule has 0 aromatic heterocycles. The summed E-state index contributed by atoms with van der Waals surface area (Å²) < 4.78 is 23.3. The molecule has 0 heterocycles. The molecule has 0 amide bonds. The van der Waals surface area contributed by atoms with Gasteiger partial charge in [-0.05, 0) is 30.9 Å². The molecule has 0 fully saturated rings. The summed E-state index contributed by atoms with van der Waals surface area (Å²) in [5.41, 5.74) is 6.45. The maximum absolute atomic E-state index is 11.6. The van der Waals surface area contributed by atoms with Crippen LogP contribution in [0, 0.1) is 0 Å². The van der Waals surface area contributed by atoms with Crippen molar-refractivity contribution in [3.8, 4) is 0 Å². The van der Waals surface area contributed by atoms with E-state index in [2.05, 4.69) is 0 Å². The van der Waals surface area contributed by atoms with Crippen molar-refractivity contribution in [3.63, 3.8) is 0 Å². The molecule has 1 aromatic carbocycles. The van der Waals surface area contributed by atoms with E-state index in [1.807, 2.05) is 0 Å². The molecule has 16 heavy (non-hydrogen) atoms. The lowest BCUT2D eigenvalue weighted by molar-refractivity contribution is 0.599. The fourth-order valence-electron chi connectivity index (χ4n) is 1.32. The maximum Gasteiger partial charge on any atom is 0.176 e. The Balaban J connectivity index is 3.56. The average Bonchev–Trinajstić information content (AvgIpc) is 2.14. The lowest BCUT2D eigenvalue weighted by Crippen LogP contribution is -2.08. The van der Waals surface area contributed by atoms with Crippen LogP contribution in [0.25, 0.3) is 0 Å². The molecular formula is C10H14ClNO2S2. The zero-order chi connectivity index (χ0) is 12.5. The molecule has 6 heteroatoms. The minimum absolute atomic E-state index is 0.242. The van der Waals surface area contributed by atoms with Gasteiger partial charge in [-0.1, -0.05) is 11.6 Å². The largest absolute Gasteiger partial charge is 0.324 e. The van der Waals surface area contributed by atoms with Crippen molar-refractivity contribution in [1.82, 2.24) is 0 Å². The van der Waals surface area contributed by atoms with Crippen LogP contribution in [-0.2, 0) is 9.84 Å². The number of halogens is 1. The molecule has 3 nitrogen and oxygen atoms in total. The van der Waals surface area contributed by atoms with Crippen LogP contribution >= 0.6 is 23.4 Å². The van der Waals surface area contributed by atoms with Gasteiger partial charge in [-0.15, -0.1) is 11.8 Å². The van der Waals surface area contributed by atoms with E-state index in [0.29, 0.717) is 9.92 Å². The first-order valence-corrected chi connectivity index (χ1v) is 8.10. The molecule has 0 saturated carbocycles. The zero-order valence-electron chi connectivity index (χ0n) is 9.32. The van der Waals surface area contributed by atoms with Crippen LogP contribution in [0.4, 0.5) is 0 Å².